The Morgan fingerprint density at radius 1 is 0.295 bits per heavy atom. The molecule has 0 aliphatic carbocycles. The normalized spacial score (nSPS) is 11.8. The van der Waals surface area contributed by atoms with Crippen molar-refractivity contribution in [2.45, 2.75) is 168 Å². The van der Waals surface area contributed by atoms with Crippen molar-refractivity contribution in [3.05, 3.63) is 71.8 Å². The summed E-state index contributed by atoms with van der Waals surface area (Å²) in [5.74, 6) is 0. The third kappa shape index (κ3) is 11.5. The monoisotopic (exact) mass is 593 g/mol. The molecule has 240 valence electrons. The summed E-state index contributed by atoms with van der Waals surface area (Å²) in [6.45, 7) is 4.60. The Morgan fingerprint density at radius 3 is 0.932 bits per heavy atom. The van der Waals surface area contributed by atoms with Crippen LogP contribution in [0.4, 0.5) is 0 Å². The molecule has 4 rings (SSSR count). The smallest absolute Gasteiger partial charge is 0.00990 e. The molecule has 0 unspecified atom stereocenters. The standard InChI is InChI=1S/C44H64/c1-3-5-7-9-11-13-15-17-19-21-23-25-37-27-31-41-39(35-37)29-33-44-42-32-28-38(36-40(42)30-34-43(41)44)26-24-22-20-18-16-14-12-10-8-6-4-2/h27-36H,3-26H2,1-2H3. The minimum absolute atomic E-state index is 1.21. The maximum atomic E-state index is 2.45. The van der Waals surface area contributed by atoms with Gasteiger partial charge in [0.25, 0.3) is 0 Å². The fraction of sp³-hybridized carbons (Fsp3) is 0.591. The van der Waals surface area contributed by atoms with Crippen LogP contribution in [0.5, 0.6) is 0 Å². The van der Waals surface area contributed by atoms with Gasteiger partial charge in [-0.1, -0.05) is 203 Å². The van der Waals surface area contributed by atoms with E-state index in [2.05, 4.69) is 74.5 Å². The van der Waals surface area contributed by atoms with E-state index in [1.54, 1.807) is 0 Å². The summed E-state index contributed by atoms with van der Waals surface area (Å²) in [6, 6.07) is 23.9. The van der Waals surface area contributed by atoms with E-state index in [4.69, 9.17) is 0 Å². The molecular weight excluding hydrogens is 528 g/mol. The van der Waals surface area contributed by atoms with E-state index in [1.807, 2.05) is 0 Å². The molecule has 0 spiro atoms. The number of unbranched alkanes of at least 4 members (excludes halogenated alkanes) is 20. The summed E-state index contributed by atoms with van der Waals surface area (Å²) >= 11 is 0. The number of hydrogen-bond acceptors (Lipinski definition) is 0. The largest absolute Gasteiger partial charge is 0.0654 e. The zero-order chi connectivity index (χ0) is 30.7. The molecule has 0 N–H and O–H groups in total. The topological polar surface area (TPSA) is 0 Å². The van der Waals surface area contributed by atoms with E-state index in [-0.39, 0.29) is 0 Å². The van der Waals surface area contributed by atoms with Gasteiger partial charge in [0.15, 0.2) is 0 Å². The summed E-state index contributed by atoms with van der Waals surface area (Å²) in [6.07, 6.45) is 33.4. The van der Waals surface area contributed by atoms with Gasteiger partial charge in [-0.15, -0.1) is 0 Å². The lowest BCUT2D eigenvalue weighted by atomic mass is 9.94. The molecular formula is C44H64. The van der Waals surface area contributed by atoms with Crippen LogP contribution in [-0.4, -0.2) is 0 Å². The number of rotatable bonds is 24. The Labute approximate surface area is 271 Å². The van der Waals surface area contributed by atoms with Gasteiger partial charge in [0, 0.05) is 0 Å². The van der Waals surface area contributed by atoms with Crippen molar-refractivity contribution < 1.29 is 0 Å². The average Bonchev–Trinajstić information content (AvgIpc) is 3.05. The van der Waals surface area contributed by atoms with Crippen molar-refractivity contribution >= 4 is 32.3 Å². The van der Waals surface area contributed by atoms with E-state index in [0.29, 0.717) is 0 Å². The van der Waals surface area contributed by atoms with Crippen molar-refractivity contribution in [1.82, 2.24) is 0 Å². The summed E-state index contributed by atoms with van der Waals surface area (Å²) < 4.78 is 0. The lowest BCUT2D eigenvalue weighted by Gasteiger charge is -2.11. The first-order valence-electron chi connectivity index (χ1n) is 19.2. The second-order valence-corrected chi connectivity index (χ2v) is 13.9. The molecule has 0 radical (unpaired) electrons. The van der Waals surface area contributed by atoms with Crippen LogP contribution < -0.4 is 0 Å². The van der Waals surface area contributed by atoms with Crippen LogP contribution in [0.15, 0.2) is 60.7 Å². The number of aryl methyl sites for hydroxylation is 2. The van der Waals surface area contributed by atoms with Gasteiger partial charge < -0.3 is 0 Å². The number of benzene rings is 4. The van der Waals surface area contributed by atoms with Gasteiger partial charge >= 0.3 is 0 Å². The van der Waals surface area contributed by atoms with E-state index < -0.39 is 0 Å². The highest BCUT2D eigenvalue weighted by molar-refractivity contribution is 6.17. The summed E-state index contributed by atoms with van der Waals surface area (Å²) in [5.41, 5.74) is 3.00. The van der Waals surface area contributed by atoms with Crippen LogP contribution in [0.2, 0.25) is 0 Å². The van der Waals surface area contributed by atoms with Crippen LogP contribution in [0.25, 0.3) is 32.3 Å². The molecule has 0 aliphatic heterocycles. The van der Waals surface area contributed by atoms with Crippen molar-refractivity contribution in [2.75, 3.05) is 0 Å². The van der Waals surface area contributed by atoms with Crippen LogP contribution in [0.1, 0.15) is 166 Å². The van der Waals surface area contributed by atoms with Crippen molar-refractivity contribution in [3.63, 3.8) is 0 Å². The second-order valence-electron chi connectivity index (χ2n) is 13.9. The molecule has 0 atom stereocenters. The Balaban J connectivity index is 1.20. The highest BCUT2D eigenvalue weighted by atomic mass is 14.1. The van der Waals surface area contributed by atoms with E-state index >= 15 is 0 Å². The summed E-state index contributed by atoms with van der Waals surface area (Å²) in [5, 5.41) is 8.38. The van der Waals surface area contributed by atoms with Gasteiger partial charge in [-0.05, 0) is 69.1 Å². The van der Waals surface area contributed by atoms with Crippen LogP contribution in [0.3, 0.4) is 0 Å². The maximum absolute atomic E-state index is 2.45. The molecule has 0 aromatic heterocycles. The molecule has 0 heteroatoms. The molecule has 4 aromatic carbocycles. The van der Waals surface area contributed by atoms with Gasteiger partial charge in [0.1, 0.15) is 0 Å². The molecule has 0 aliphatic rings. The SMILES string of the molecule is CCCCCCCCCCCCCc1ccc2c(ccc3c4ccc(CCCCCCCCCCCCC)cc4ccc23)c1. The third-order valence-electron chi connectivity index (χ3n) is 10.1. The summed E-state index contributed by atoms with van der Waals surface area (Å²) in [4.78, 5) is 0. The molecule has 0 bridgehead atoms. The molecule has 0 heterocycles. The number of hydrogen-bond donors (Lipinski definition) is 0. The van der Waals surface area contributed by atoms with Crippen LogP contribution in [0, 0.1) is 0 Å². The van der Waals surface area contributed by atoms with Crippen LogP contribution in [-0.2, 0) is 12.8 Å². The van der Waals surface area contributed by atoms with E-state index in [9.17, 15) is 0 Å². The second kappa shape index (κ2) is 20.6. The predicted octanol–water partition coefficient (Wildman–Crippen LogP) is 14.9. The third-order valence-corrected chi connectivity index (χ3v) is 10.1. The molecule has 4 aromatic rings. The van der Waals surface area contributed by atoms with Gasteiger partial charge in [-0.3, -0.25) is 0 Å². The lowest BCUT2D eigenvalue weighted by molar-refractivity contribution is 0.549. The Hall–Kier alpha value is -2.34. The fourth-order valence-electron chi connectivity index (χ4n) is 7.28. The minimum Gasteiger partial charge on any atom is -0.0654 e. The zero-order valence-electron chi connectivity index (χ0n) is 28.7. The average molecular weight is 593 g/mol. The molecule has 0 nitrogen and oxygen atoms in total. The first-order chi connectivity index (χ1) is 21.8. The van der Waals surface area contributed by atoms with E-state index in [0.717, 1.165) is 0 Å². The van der Waals surface area contributed by atoms with E-state index in [1.165, 1.54) is 198 Å². The van der Waals surface area contributed by atoms with Gasteiger partial charge in [0.2, 0.25) is 0 Å². The van der Waals surface area contributed by atoms with Crippen molar-refractivity contribution in [3.8, 4) is 0 Å². The lowest BCUT2D eigenvalue weighted by Crippen LogP contribution is -1.89. The molecule has 0 saturated carbocycles. The quantitative estimate of drug-likeness (QED) is 0.0561. The first kappa shape index (κ1) is 34.5. The molecule has 44 heavy (non-hydrogen) atoms. The molecule has 0 amide bonds. The Bertz CT molecular complexity index is 1240. The van der Waals surface area contributed by atoms with Gasteiger partial charge in [-0.2, -0.15) is 0 Å². The predicted molar refractivity (Wildman–Crippen MR) is 199 cm³/mol. The summed E-state index contributed by atoms with van der Waals surface area (Å²) in [7, 11) is 0. The zero-order valence-corrected chi connectivity index (χ0v) is 28.7. The van der Waals surface area contributed by atoms with Gasteiger partial charge in [0.05, 0.1) is 0 Å². The van der Waals surface area contributed by atoms with Crippen LogP contribution >= 0.6 is 0 Å². The highest BCUT2D eigenvalue weighted by Gasteiger charge is 2.07. The maximum Gasteiger partial charge on any atom is -0.00990 e. The first-order valence-corrected chi connectivity index (χ1v) is 19.2. The molecule has 0 fully saturated rings. The Kier molecular flexibility index (Phi) is 16.2. The highest BCUT2D eigenvalue weighted by Crippen LogP contribution is 2.32. The van der Waals surface area contributed by atoms with Gasteiger partial charge in [-0.25, -0.2) is 0 Å². The van der Waals surface area contributed by atoms with Crippen molar-refractivity contribution in [1.29, 1.82) is 0 Å². The Morgan fingerprint density at radius 2 is 0.591 bits per heavy atom. The fourth-order valence-corrected chi connectivity index (χ4v) is 7.28. The van der Waals surface area contributed by atoms with Crippen molar-refractivity contribution in [2.24, 2.45) is 0 Å². The molecule has 0 saturated heterocycles. The minimum atomic E-state index is 1.21. The number of fused-ring (bicyclic) bond motifs is 5.